The second kappa shape index (κ2) is 7.85. The van der Waals surface area contributed by atoms with E-state index in [1.807, 2.05) is 11.3 Å². The molecule has 1 aromatic heterocycles. The summed E-state index contributed by atoms with van der Waals surface area (Å²) in [5.74, 6) is 0.817. The highest BCUT2D eigenvalue weighted by Gasteiger charge is 2.06. The SMILES string of the molecule is CC(CCBr)CCN(C)Cc1cc(Br)cs1. The molecule has 0 aliphatic carbocycles. The lowest BCUT2D eigenvalue weighted by Gasteiger charge is -2.18. The predicted octanol–water partition coefficient (Wildman–Crippen LogP) is 4.75. The van der Waals surface area contributed by atoms with E-state index in [2.05, 4.69) is 62.2 Å². The summed E-state index contributed by atoms with van der Waals surface area (Å²) in [5.41, 5.74) is 0. The Kier molecular flexibility index (Phi) is 7.20. The number of halogens is 2. The van der Waals surface area contributed by atoms with E-state index in [4.69, 9.17) is 0 Å². The molecule has 1 nitrogen and oxygen atoms in total. The monoisotopic (exact) mass is 367 g/mol. The fourth-order valence-corrected chi connectivity index (χ4v) is 3.86. The average molecular weight is 369 g/mol. The highest BCUT2D eigenvalue weighted by atomic mass is 79.9. The Morgan fingerprint density at radius 1 is 1.44 bits per heavy atom. The van der Waals surface area contributed by atoms with E-state index in [1.165, 1.54) is 28.7 Å². The van der Waals surface area contributed by atoms with Crippen molar-refractivity contribution in [1.82, 2.24) is 4.90 Å². The topological polar surface area (TPSA) is 3.24 Å². The summed E-state index contributed by atoms with van der Waals surface area (Å²) in [4.78, 5) is 3.84. The third-order valence-electron chi connectivity index (χ3n) is 2.65. The first kappa shape index (κ1) is 14.7. The minimum absolute atomic E-state index is 0.817. The molecule has 16 heavy (non-hydrogen) atoms. The molecule has 0 aliphatic rings. The van der Waals surface area contributed by atoms with Crippen molar-refractivity contribution in [2.75, 3.05) is 18.9 Å². The Hall–Kier alpha value is 0.620. The van der Waals surface area contributed by atoms with Crippen LogP contribution in [-0.2, 0) is 6.54 Å². The van der Waals surface area contributed by atoms with Crippen LogP contribution >= 0.6 is 43.2 Å². The van der Waals surface area contributed by atoms with Crippen LogP contribution in [-0.4, -0.2) is 23.8 Å². The Morgan fingerprint density at radius 2 is 2.19 bits per heavy atom. The van der Waals surface area contributed by atoms with Crippen molar-refractivity contribution in [2.24, 2.45) is 5.92 Å². The van der Waals surface area contributed by atoms with Crippen LogP contribution in [0, 0.1) is 5.92 Å². The lowest BCUT2D eigenvalue weighted by molar-refractivity contribution is 0.299. The highest BCUT2D eigenvalue weighted by Crippen LogP contribution is 2.21. The molecule has 0 saturated carbocycles. The standard InChI is InChI=1S/C12H19Br2NS/c1-10(3-5-13)4-6-15(2)8-12-7-11(14)9-16-12/h7,9-10H,3-6,8H2,1-2H3. The van der Waals surface area contributed by atoms with Gasteiger partial charge in [-0.1, -0.05) is 22.9 Å². The Morgan fingerprint density at radius 3 is 2.75 bits per heavy atom. The first-order valence-electron chi connectivity index (χ1n) is 5.59. The van der Waals surface area contributed by atoms with Gasteiger partial charge in [-0.15, -0.1) is 11.3 Å². The van der Waals surface area contributed by atoms with Crippen LogP contribution in [0.3, 0.4) is 0 Å². The van der Waals surface area contributed by atoms with Crippen molar-refractivity contribution in [1.29, 1.82) is 0 Å². The van der Waals surface area contributed by atoms with Crippen LogP contribution in [0.4, 0.5) is 0 Å². The van der Waals surface area contributed by atoms with Crippen LogP contribution < -0.4 is 0 Å². The van der Waals surface area contributed by atoms with Gasteiger partial charge in [-0.25, -0.2) is 0 Å². The smallest absolute Gasteiger partial charge is 0.0325 e. The normalized spacial score (nSPS) is 13.3. The van der Waals surface area contributed by atoms with Crippen LogP contribution in [0.15, 0.2) is 15.9 Å². The second-order valence-electron chi connectivity index (χ2n) is 4.34. The molecule has 0 bridgehead atoms. The van der Waals surface area contributed by atoms with Gasteiger partial charge >= 0.3 is 0 Å². The van der Waals surface area contributed by atoms with E-state index >= 15 is 0 Å². The van der Waals surface area contributed by atoms with Gasteiger partial charge in [0.05, 0.1) is 0 Å². The molecule has 0 amide bonds. The number of hydrogen-bond acceptors (Lipinski definition) is 2. The summed E-state index contributed by atoms with van der Waals surface area (Å²) in [6.45, 7) is 4.58. The van der Waals surface area contributed by atoms with Gasteiger partial charge in [-0.05, 0) is 54.3 Å². The molecule has 1 aromatic rings. The molecule has 0 N–H and O–H groups in total. The van der Waals surface area contributed by atoms with Gasteiger partial charge in [-0.2, -0.15) is 0 Å². The quantitative estimate of drug-likeness (QED) is 0.627. The number of hydrogen-bond donors (Lipinski definition) is 0. The lowest BCUT2D eigenvalue weighted by atomic mass is 10.1. The zero-order chi connectivity index (χ0) is 12.0. The van der Waals surface area contributed by atoms with Crippen LogP contribution in [0.5, 0.6) is 0 Å². The third-order valence-corrected chi connectivity index (χ3v) is 4.79. The highest BCUT2D eigenvalue weighted by molar-refractivity contribution is 9.10. The van der Waals surface area contributed by atoms with E-state index < -0.39 is 0 Å². The number of thiophene rings is 1. The molecule has 1 unspecified atom stereocenters. The molecule has 0 saturated heterocycles. The molecule has 1 heterocycles. The molecule has 1 rings (SSSR count). The molecule has 0 aromatic carbocycles. The molecular formula is C12H19Br2NS. The maximum atomic E-state index is 3.50. The number of alkyl halides is 1. The van der Waals surface area contributed by atoms with Crippen LogP contribution in [0.2, 0.25) is 0 Å². The van der Waals surface area contributed by atoms with Gasteiger partial charge in [0.15, 0.2) is 0 Å². The van der Waals surface area contributed by atoms with Crippen LogP contribution in [0.1, 0.15) is 24.6 Å². The number of nitrogens with zero attached hydrogens (tertiary/aromatic N) is 1. The van der Waals surface area contributed by atoms with Crippen molar-refractivity contribution in [2.45, 2.75) is 26.3 Å². The van der Waals surface area contributed by atoms with Gasteiger partial charge in [0.1, 0.15) is 0 Å². The molecule has 0 fully saturated rings. The molecule has 92 valence electrons. The van der Waals surface area contributed by atoms with Crippen molar-refractivity contribution in [3.8, 4) is 0 Å². The molecule has 0 aliphatic heterocycles. The van der Waals surface area contributed by atoms with Gasteiger partial charge < -0.3 is 4.90 Å². The van der Waals surface area contributed by atoms with E-state index in [0.29, 0.717) is 0 Å². The molecule has 0 radical (unpaired) electrons. The zero-order valence-corrected chi connectivity index (χ0v) is 13.9. The summed E-state index contributed by atoms with van der Waals surface area (Å²) in [5, 5.41) is 3.27. The fourth-order valence-electron chi connectivity index (χ4n) is 1.55. The Labute approximate surface area is 119 Å². The fraction of sp³-hybridized carbons (Fsp3) is 0.667. The number of rotatable bonds is 7. The average Bonchev–Trinajstić information content (AvgIpc) is 2.61. The van der Waals surface area contributed by atoms with Gasteiger partial charge in [0.2, 0.25) is 0 Å². The summed E-state index contributed by atoms with van der Waals surface area (Å²) in [6, 6.07) is 2.21. The van der Waals surface area contributed by atoms with Crippen molar-refractivity contribution in [3.63, 3.8) is 0 Å². The first-order valence-corrected chi connectivity index (χ1v) is 8.38. The van der Waals surface area contributed by atoms with Crippen LogP contribution in [0.25, 0.3) is 0 Å². The van der Waals surface area contributed by atoms with E-state index in [-0.39, 0.29) is 0 Å². The predicted molar refractivity (Wildman–Crippen MR) is 80.5 cm³/mol. The Bertz CT molecular complexity index is 301. The summed E-state index contributed by atoms with van der Waals surface area (Å²) in [7, 11) is 2.20. The minimum Gasteiger partial charge on any atom is -0.301 e. The van der Waals surface area contributed by atoms with Gasteiger partial charge in [0.25, 0.3) is 0 Å². The summed E-state index contributed by atoms with van der Waals surface area (Å²) >= 11 is 8.81. The van der Waals surface area contributed by atoms with E-state index in [0.717, 1.165) is 17.8 Å². The molecule has 4 heteroatoms. The van der Waals surface area contributed by atoms with Crippen molar-refractivity contribution < 1.29 is 0 Å². The molecule has 1 atom stereocenters. The minimum atomic E-state index is 0.817. The zero-order valence-electron chi connectivity index (χ0n) is 9.88. The third kappa shape index (κ3) is 5.80. The maximum absolute atomic E-state index is 3.50. The van der Waals surface area contributed by atoms with Gasteiger partial charge in [0, 0.05) is 26.6 Å². The second-order valence-corrected chi connectivity index (χ2v) is 7.04. The first-order chi connectivity index (χ1) is 7.61. The van der Waals surface area contributed by atoms with Gasteiger partial charge in [-0.3, -0.25) is 0 Å². The van der Waals surface area contributed by atoms with E-state index in [1.54, 1.807) is 0 Å². The van der Waals surface area contributed by atoms with Crippen molar-refractivity contribution in [3.05, 3.63) is 20.8 Å². The maximum Gasteiger partial charge on any atom is 0.0325 e. The summed E-state index contributed by atoms with van der Waals surface area (Å²) in [6.07, 6.45) is 2.56. The molecular weight excluding hydrogens is 350 g/mol. The largest absolute Gasteiger partial charge is 0.301 e. The van der Waals surface area contributed by atoms with Crippen molar-refractivity contribution >= 4 is 43.2 Å². The van der Waals surface area contributed by atoms with E-state index in [9.17, 15) is 0 Å². The lowest BCUT2D eigenvalue weighted by Crippen LogP contribution is -2.20. The molecule has 0 spiro atoms. The Balaban J connectivity index is 2.23. The summed E-state index contributed by atoms with van der Waals surface area (Å²) < 4.78 is 1.20.